The van der Waals surface area contributed by atoms with Crippen LogP contribution < -0.4 is 4.90 Å². The van der Waals surface area contributed by atoms with Crippen LogP contribution >= 0.6 is 0 Å². The number of Topliss-reactive ketones (excluding diaryl/α,β-unsaturated/α-hetero) is 1. The lowest BCUT2D eigenvalue weighted by Crippen LogP contribution is -2.15. The molecule has 0 atom stereocenters. The lowest BCUT2D eigenvalue weighted by atomic mass is 10.3. The molecule has 4 heteroatoms. The van der Waals surface area contributed by atoms with Crippen molar-refractivity contribution in [3.05, 3.63) is 30.2 Å². The Morgan fingerprint density at radius 2 is 2.13 bits per heavy atom. The molecule has 4 nitrogen and oxygen atoms in total. The van der Waals surface area contributed by atoms with Crippen LogP contribution in [0.5, 0.6) is 0 Å². The fraction of sp³-hybridized carbons (Fsp3) is 0.273. The highest BCUT2D eigenvalue weighted by molar-refractivity contribution is 5.92. The number of fused-ring (bicyclic) bond motifs is 1. The maximum Gasteiger partial charge on any atom is 0.195 e. The van der Waals surface area contributed by atoms with Crippen molar-refractivity contribution in [2.75, 3.05) is 19.0 Å². The number of carbonyl (C=O) groups is 1. The predicted molar refractivity (Wildman–Crippen MR) is 59.5 cm³/mol. The van der Waals surface area contributed by atoms with Gasteiger partial charge in [0.15, 0.2) is 11.6 Å². The summed E-state index contributed by atoms with van der Waals surface area (Å²) in [5, 5.41) is 0. The molecule has 0 unspecified atom stereocenters. The van der Waals surface area contributed by atoms with Crippen molar-refractivity contribution in [3.63, 3.8) is 0 Å². The van der Waals surface area contributed by atoms with Crippen molar-refractivity contribution in [1.82, 2.24) is 9.38 Å². The Morgan fingerprint density at radius 3 is 2.73 bits per heavy atom. The molecule has 0 fully saturated rings. The number of anilines is 1. The highest BCUT2D eigenvalue weighted by Gasteiger charge is 2.11. The van der Waals surface area contributed by atoms with Gasteiger partial charge < -0.3 is 4.90 Å². The molecule has 15 heavy (non-hydrogen) atoms. The number of ketones is 1. The lowest BCUT2D eigenvalue weighted by molar-refractivity contribution is 0.100. The van der Waals surface area contributed by atoms with Crippen LogP contribution in [-0.4, -0.2) is 29.3 Å². The number of aromatic nitrogens is 2. The van der Waals surface area contributed by atoms with Gasteiger partial charge in [-0.3, -0.25) is 9.20 Å². The Kier molecular flexibility index (Phi) is 2.19. The Labute approximate surface area is 88.2 Å². The van der Waals surface area contributed by atoms with Gasteiger partial charge in [-0.05, 0) is 12.1 Å². The van der Waals surface area contributed by atoms with Gasteiger partial charge in [0.05, 0.1) is 11.7 Å². The first-order valence-electron chi connectivity index (χ1n) is 4.76. The first-order valence-corrected chi connectivity index (χ1v) is 4.76. The highest BCUT2D eigenvalue weighted by atomic mass is 16.1. The topological polar surface area (TPSA) is 37.6 Å². The Balaban J connectivity index is 2.80. The lowest BCUT2D eigenvalue weighted by Gasteiger charge is -2.15. The van der Waals surface area contributed by atoms with Crippen molar-refractivity contribution < 1.29 is 4.79 Å². The minimum atomic E-state index is -0.0238. The molecule has 0 amide bonds. The summed E-state index contributed by atoms with van der Waals surface area (Å²) >= 11 is 0. The Hall–Kier alpha value is -1.84. The molecule has 0 bridgehead atoms. The maximum atomic E-state index is 11.4. The van der Waals surface area contributed by atoms with Crippen molar-refractivity contribution in [2.45, 2.75) is 6.92 Å². The second kappa shape index (κ2) is 3.38. The van der Waals surface area contributed by atoms with E-state index in [0.717, 1.165) is 11.3 Å². The third-order valence-corrected chi connectivity index (χ3v) is 2.30. The zero-order chi connectivity index (χ0) is 11.0. The first-order chi connectivity index (χ1) is 7.11. The third-order valence-electron chi connectivity index (χ3n) is 2.30. The smallest absolute Gasteiger partial charge is 0.195 e. The minimum Gasteiger partial charge on any atom is -0.364 e. The fourth-order valence-corrected chi connectivity index (χ4v) is 1.63. The van der Waals surface area contributed by atoms with Gasteiger partial charge in [0.25, 0.3) is 0 Å². The predicted octanol–water partition coefficient (Wildman–Crippen LogP) is 1.60. The Bertz CT molecular complexity index is 514. The highest BCUT2D eigenvalue weighted by Crippen LogP contribution is 2.17. The summed E-state index contributed by atoms with van der Waals surface area (Å²) < 4.78 is 1.86. The summed E-state index contributed by atoms with van der Waals surface area (Å²) in [6.07, 6.45) is 1.71. The average molecular weight is 203 g/mol. The van der Waals surface area contributed by atoms with Gasteiger partial charge in [-0.25, -0.2) is 4.98 Å². The molecule has 78 valence electrons. The summed E-state index contributed by atoms with van der Waals surface area (Å²) in [5.41, 5.74) is 0.936. The summed E-state index contributed by atoms with van der Waals surface area (Å²) in [6.45, 7) is 1.53. The largest absolute Gasteiger partial charge is 0.364 e. The molecule has 2 heterocycles. The van der Waals surface area contributed by atoms with Crippen LogP contribution in [0.15, 0.2) is 24.4 Å². The average Bonchev–Trinajstić information content (AvgIpc) is 2.60. The molecule has 0 aliphatic rings. The molecule has 0 saturated heterocycles. The van der Waals surface area contributed by atoms with Gasteiger partial charge in [0, 0.05) is 21.0 Å². The van der Waals surface area contributed by atoms with E-state index in [0.29, 0.717) is 5.82 Å². The third kappa shape index (κ3) is 1.48. The molecule has 2 aromatic rings. The van der Waals surface area contributed by atoms with Gasteiger partial charge in [-0.2, -0.15) is 0 Å². The normalized spacial score (nSPS) is 10.6. The molecule has 0 N–H and O–H groups in total. The summed E-state index contributed by atoms with van der Waals surface area (Å²) in [5.74, 6) is 1.41. The zero-order valence-corrected chi connectivity index (χ0v) is 9.06. The van der Waals surface area contributed by atoms with Crippen LogP contribution in [0.4, 0.5) is 5.82 Å². The number of hydrogen-bond donors (Lipinski definition) is 0. The van der Waals surface area contributed by atoms with Gasteiger partial charge in [-0.1, -0.05) is 6.07 Å². The molecule has 0 aliphatic carbocycles. The number of pyridine rings is 1. The van der Waals surface area contributed by atoms with E-state index in [9.17, 15) is 4.79 Å². The van der Waals surface area contributed by atoms with E-state index >= 15 is 0 Å². The quantitative estimate of drug-likeness (QED) is 0.696. The van der Waals surface area contributed by atoms with Gasteiger partial charge in [0.2, 0.25) is 0 Å². The summed E-state index contributed by atoms with van der Waals surface area (Å²) in [4.78, 5) is 17.5. The van der Waals surface area contributed by atoms with Gasteiger partial charge in [0.1, 0.15) is 5.82 Å². The van der Waals surface area contributed by atoms with Crippen LogP contribution in [0.2, 0.25) is 0 Å². The number of carbonyl (C=O) groups excluding carboxylic acids is 1. The number of imidazole rings is 1. The standard InChI is InChI=1S/C11H13N3O/c1-8(15)11-12-7-9-5-4-6-10(13(2)3)14(9)11/h4-7H,1-3H3. The molecule has 2 aromatic heterocycles. The molecule has 0 spiro atoms. The van der Waals surface area contributed by atoms with E-state index in [1.165, 1.54) is 6.92 Å². The molecule has 2 rings (SSSR count). The van der Waals surface area contributed by atoms with E-state index in [4.69, 9.17) is 0 Å². The minimum absolute atomic E-state index is 0.0238. The van der Waals surface area contributed by atoms with Crippen molar-refractivity contribution in [2.24, 2.45) is 0 Å². The Morgan fingerprint density at radius 1 is 1.40 bits per heavy atom. The van der Waals surface area contributed by atoms with E-state index in [-0.39, 0.29) is 5.78 Å². The monoisotopic (exact) mass is 203 g/mol. The van der Waals surface area contributed by atoms with E-state index in [1.54, 1.807) is 6.20 Å². The van der Waals surface area contributed by atoms with E-state index in [1.807, 2.05) is 41.6 Å². The molecule has 0 saturated carbocycles. The van der Waals surface area contributed by atoms with Crippen molar-refractivity contribution in [1.29, 1.82) is 0 Å². The van der Waals surface area contributed by atoms with Crippen LogP contribution in [0.25, 0.3) is 5.52 Å². The van der Waals surface area contributed by atoms with Gasteiger partial charge in [-0.15, -0.1) is 0 Å². The zero-order valence-electron chi connectivity index (χ0n) is 9.06. The summed E-state index contributed by atoms with van der Waals surface area (Å²) in [7, 11) is 3.89. The maximum absolute atomic E-state index is 11.4. The van der Waals surface area contributed by atoms with Crippen molar-refractivity contribution in [3.8, 4) is 0 Å². The van der Waals surface area contributed by atoms with Crippen LogP contribution in [0, 0.1) is 0 Å². The number of rotatable bonds is 2. The summed E-state index contributed by atoms with van der Waals surface area (Å²) in [6, 6.07) is 5.85. The van der Waals surface area contributed by atoms with Crippen LogP contribution in [0.3, 0.4) is 0 Å². The van der Waals surface area contributed by atoms with Gasteiger partial charge >= 0.3 is 0 Å². The number of hydrogen-bond acceptors (Lipinski definition) is 3. The van der Waals surface area contributed by atoms with E-state index in [2.05, 4.69) is 4.98 Å². The van der Waals surface area contributed by atoms with Crippen molar-refractivity contribution >= 4 is 17.1 Å². The fourth-order valence-electron chi connectivity index (χ4n) is 1.63. The SMILES string of the molecule is CC(=O)c1ncc2cccc(N(C)C)n12. The first kappa shape index (κ1) is 9.71. The second-order valence-electron chi connectivity index (χ2n) is 3.68. The molecule has 0 radical (unpaired) electrons. The molecule has 0 aliphatic heterocycles. The second-order valence-corrected chi connectivity index (χ2v) is 3.68. The number of nitrogens with zero attached hydrogens (tertiary/aromatic N) is 3. The van der Waals surface area contributed by atoms with Crippen LogP contribution in [0.1, 0.15) is 17.5 Å². The van der Waals surface area contributed by atoms with Crippen LogP contribution in [-0.2, 0) is 0 Å². The van der Waals surface area contributed by atoms with E-state index < -0.39 is 0 Å². The molecular weight excluding hydrogens is 190 g/mol. The molecule has 0 aromatic carbocycles. The molecular formula is C11H13N3O.